The third-order valence-electron chi connectivity index (χ3n) is 5.22. The maximum Gasteiger partial charge on any atom is 0.339 e. The number of hydrogen-bond acceptors (Lipinski definition) is 6. The highest BCUT2D eigenvalue weighted by Crippen LogP contribution is 2.39. The van der Waals surface area contributed by atoms with Crippen LogP contribution in [-0.4, -0.2) is 40.7 Å². The van der Waals surface area contributed by atoms with Crippen molar-refractivity contribution in [1.82, 2.24) is 0 Å². The molecule has 6 nitrogen and oxygen atoms in total. The van der Waals surface area contributed by atoms with E-state index in [1.54, 1.807) is 39.0 Å². The van der Waals surface area contributed by atoms with Gasteiger partial charge in [-0.15, -0.1) is 0 Å². The van der Waals surface area contributed by atoms with E-state index in [9.17, 15) is 15.0 Å². The van der Waals surface area contributed by atoms with Crippen molar-refractivity contribution >= 4 is 6.08 Å². The molecule has 6 heteroatoms. The average Bonchev–Trinajstić information content (AvgIpc) is 2.79. The van der Waals surface area contributed by atoms with Crippen molar-refractivity contribution < 1.29 is 24.1 Å². The van der Waals surface area contributed by atoms with Gasteiger partial charge in [0, 0.05) is 5.56 Å². The Bertz CT molecular complexity index is 902. The zero-order chi connectivity index (χ0) is 21.8. The molecule has 2 rings (SSSR count). The van der Waals surface area contributed by atoms with E-state index in [-0.39, 0.29) is 0 Å². The lowest BCUT2D eigenvalue weighted by Gasteiger charge is -2.28. The quantitative estimate of drug-likeness (QED) is 0.710. The summed E-state index contributed by atoms with van der Waals surface area (Å²) in [5.74, 6) is 0.934. The number of methoxy groups -OCH3 is 1. The van der Waals surface area contributed by atoms with Crippen molar-refractivity contribution in [2.45, 2.75) is 58.0 Å². The topological polar surface area (TPSA) is 89.1 Å². The van der Waals surface area contributed by atoms with Crippen LogP contribution >= 0.6 is 0 Å². The molecule has 1 aromatic heterocycles. The van der Waals surface area contributed by atoms with Crippen molar-refractivity contribution in [3.8, 4) is 5.75 Å². The van der Waals surface area contributed by atoms with Gasteiger partial charge in [0.05, 0.1) is 19.3 Å². The van der Waals surface area contributed by atoms with Crippen molar-refractivity contribution in [2.75, 3.05) is 7.11 Å². The van der Waals surface area contributed by atoms with Crippen LogP contribution < -0.4 is 10.4 Å². The molecule has 0 saturated carbocycles. The van der Waals surface area contributed by atoms with Crippen molar-refractivity contribution in [2.24, 2.45) is 0 Å². The van der Waals surface area contributed by atoms with Crippen LogP contribution in [0.5, 0.6) is 5.75 Å². The van der Waals surface area contributed by atoms with E-state index in [4.69, 9.17) is 13.9 Å². The Morgan fingerprint density at radius 3 is 2.48 bits per heavy atom. The van der Waals surface area contributed by atoms with E-state index >= 15 is 0 Å². The molecule has 0 aliphatic carbocycles. The molecular formula is C23H30O6. The molecule has 1 fully saturated rings. The van der Waals surface area contributed by atoms with E-state index in [1.807, 2.05) is 38.2 Å². The van der Waals surface area contributed by atoms with Crippen LogP contribution in [0.4, 0.5) is 0 Å². The first-order valence-corrected chi connectivity index (χ1v) is 9.49. The maximum absolute atomic E-state index is 11.5. The smallest absolute Gasteiger partial charge is 0.339 e. The molecule has 1 aliphatic heterocycles. The van der Waals surface area contributed by atoms with E-state index in [2.05, 4.69) is 0 Å². The van der Waals surface area contributed by atoms with Crippen LogP contribution in [0.1, 0.15) is 39.0 Å². The maximum atomic E-state index is 11.5. The first-order chi connectivity index (χ1) is 13.5. The van der Waals surface area contributed by atoms with Gasteiger partial charge in [-0.2, -0.15) is 0 Å². The SMILES string of the molecule is COc1cc(=O)oc(/C=C/C=C\C=C/C(C)=C\[C@@]2(C)O[C@@H](C)[C@](C)(O)[C@H]2O)c1C. The molecule has 1 aromatic rings. The molecule has 29 heavy (non-hydrogen) atoms. The predicted molar refractivity (Wildman–Crippen MR) is 113 cm³/mol. The monoisotopic (exact) mass is 402 g/mol. The number of allylic oxidation sites excluding steroid dienone is 6. The zero-order valence-corrected chi connectivity index (χ0v) is 17.8. The van der Waals surface area contributed by atoms with Crippen molar-refractivity contribution in [1.29, 1.82) is 0 Å². The lowest BCUT2D eigenvalue weighted by atomic mass is 9.86. The zero-order valence-electron chi connectivity index (χ0n) is 17.8. The van der Waals surface area contributed by atoms with Gasteiger partial charge in [0.25, 0.3) is 0 Å². The summed E-state index contributed by atoms with van der Waals surface area (Å²) >= 11 is 0. The van der Waals surface area contributed by atoms with Crippen LogP contribution in [-0.2, 0) is 4.74 Å². The minimum atomic E-state index is -1.30. The Labute approximate surface area is 171 Å². The summed E-state index contributed by atoms with van der Waals surface area (Å²) < 4.78 is 16.1. The second kappa shape index (κ2) is 8.95. The Kier molecular flexibility index (Phi) is 7.06. The Morgan fingerprint density at radius 2 is 1.90 bits per heavy atom. The Morgan fingerprint density at radius 1 is 1.24 bits per heavy atom. The number of aliphatic hydroxyl groups excluding tert-OH is 1. The first kappa shape index (κ1) is 22.9. The predicted octanol–water partition coefficient (Wildman–Crippen LogP) is 3.32. The van der Waals surface area contributed by atoms with E-state index in [0.29, 0.717) is 11.5 Å². The molecule has 2 heterocycles. The number of aliphatic hydroxyl groups is 2. The fraction of sp³-hybridized carbons (Fsp3) is 0.435. The van der Waals surface area contributed by atoms with Gasteiger partial charge >= 0.3 is 5.63 Å². The highest BCUT2D eigenvalue weighted by atomic mass is 16.6. The highest BCUT2D eigenvalue weighted by Gasteiger charge is 2.55. The molecule has 1 aliphatic rings. The minimum absolute atomic E-state index is 0.445. The van der Waals surface area contributed by atoms with Gasteiger partial charge in [0.15, 0.2) is 0 Å². The lowest BCUT2D eigenvalue weighted by molar-refractivity contribution is -0.0579. The van der Waals surface area contributed by atoms with Crippen LogP contribution in [0.2, 0.25) is 0 Å². The molecule has 0 amide bonds. The summed E-state index contributed by atoms with van der Waals surface area (Å²) in [5.41, 5.74) is -1.08. The van der Waals surface area contributed by atoms with Crippen LogP contribution in [0.25, 0.3) is 6.08 Å². The summed E-state index contributed by atoms with van der Waals surface area (Å²) in [6.45, 7) is 8.79. The standard InChI is InChI=1S/C23H30O6/c1-15(14-22(4)21(25)23(5,26)17(3)29-22)11-9-7-8-10-12-18-16(2)19(27-6)13-20(24)28-18/h7-14,17,21,25-26H,1-6H3/b8-7-,11-9-,12-10+,15-14-/t17-,21-,22+,23-/m0/s1. The highest BCUT2D eigenvalue weighted by molar-refractivity contribution is 5.52. The normalized spacial score (nSPS) is 30.8. The number of rotatable bonds is 6. The van der Waals surface area contributed by atoms with E-state index in [1.165, 1.54) is 13.2 Å². The molecule has 158 valence electrons. The van der Waals surface area contributed by atoms with E-state index in [0.717, 1.165) is 11.1 Å². The number of ether oxygens (including phenoxy) is 2. The molecule has 2 N–H and O–H groups in total. The van der Waals surface area contributed by atoms with Crippen LogP contribution in [0.15, 0.2) is 57.3 Å². The van der Waals surface area contributed by atoms with Gasteiger partial charge in [-0.1, -0.05) is 36.0 Å². The lowest BCUT2D eigenvalue weighted by Crippen LogP contribution is -2.47. The number of hydrogen-bond donors (Lipinski definition) is 2. The molecule has 0 aromatic carbocycles. The summed E-state index contributed by atoms with van der Waals surface area (Å²) in [7, 11) is 1.51. The van der Waals surface area contributed by atoms with Gasteiger partial charge < -0.3 is 24.1 Å². The second-order valence-electron chi connectivity index (χ2n) is 7.69. The van der Waals surface area contributed by atoms with Gasteiger partial charge in [-0.25, -0.2) is 4.79 Å². The van der Waals surface area contributed by atoms with Gasteiger partial charge in [0.2, 0.25) is 0 Å². The fourth-order valence-corrected chi connectivity index (χ4v) is 3.38. The summed E-state index contributed by atoms with van der Waals surface area (Å²) in [5, 5.41) is 20.8. The first-order valence-electron chi connectivity index (χ1n) is 9.49. The molecule has 0 spiro atoms. The second-order valence-corrected chi connectivity index (χ2v) is 7.69. The van der Waals surface area contributed by atoms with E-state index < -0.39 is 29.0 Å². The molecular weight excluding hydrogens is 372 g/mol. The third-order valence-corrected chi connectivity index (χ3v) is 5.22. The van der Waals surface area contributed by atoms with Crippen molar-refractivity contribution in [3.63, 3.8) is 0 Å². The fourth-order valence-electron chi connectivity index (χ4n) is 3.38. The van der Waals surface area contributed by atoms with Gasteiger partial charge in [0.1, 0.15) is 28.8 Å². The summed E-state index contributed by atoms with van der Waals surface area (Å²) in [6, 6.07) is 1.31. The van der Waals surface area contributed by atoms with Crippen molar-refractivity contribution in [3.05, 3.63) is 69.8 Å². The molecule has 0 radical (unpaired) electrons. The molecule has 4 atom stereocenters. The summed E-state index contributed by atoms with van der Waals surface area (Å²) in [6.07, 6.45) is 11.1. The molecule has 0 bridgehead atoms. The molecule has 1 saturated heterocycles. The van der Waals surface area contributed by atoms with Crippen LogP contribution in [0, 0.1) is 6.92 Å². The average molecular weight is 402 g/mol. The van der Waals surface area contributed by atoms with Gasteiger partial charge in [-0.05, 0) is 46.8 Å². The molecule has 0 unspecified atom stereocenters. The minimum Gasteiger partial charge on any atom is -0.496 e. The Hall–Kier alpha value is -2.41. The summed E-state index contributed by atoms with van der Waals surface area (Å²) in [4.78, 5) is 11.5. The van der Waals surface area contributed by atoms with Gasteiger partial charge in [-0.3, -0.25) is 0 Å². The van der Waals surface area contributed by atoms with Crippen LogP contribution in [0.3, 0.4) is 0 Å². The Balaban J connectivity index is 2.04. The largest absolute Gasteiger partial charge is 0.496 e. The third kappa shape index (κ3) is 5.15.